The molecule has 14 heavy (non-hydrogen) atoms. The molecular formula is C7H8N6O. The Balaban J connectivity index is 2.93. The first-order valence-corrected chi connectivity index (χ1v) is 3.75. The molecule has 1 rings (SSSR count). The van der Waals surface area contributed by atoms with Crippen LogP contribution in [0.5, 0.6) is 0 Å². The lowest BCUT2D eigenvalue weighted by Crippen LogP contribution is -2.22. The zero-order valence-electron chi connectivity index (χ0n) is 7.75. The van der Waals surface area contributed by atoms with E-state index < -0.39 is 0 Å². The van der Waals surface area contributed by atoms with Gasteiger partial charge in [0.15, 0.2) is 5.69 Å². The molecule has 0 aliphatic heterocycles. The molecule has 0 radical (unpaired) electrons. The van der Waals surface area contributed by atoms with Crippen molar-refractivity contribution in [3.8, 4) is 0 Å². The number of hydrogen-bond donors (Lipinski definition) is 0. The fourth-order valence-electron chi connectivity index (χ4n) is 0.768. The van der Waals surface area contributed by atoms with Crippen molar-refractivity contribution in [1.29, 1.82) is 0 Å². The molecule has 7 nitrogen and oxygen atoms in total. The average Bonchev–Trinajstić information content (AvgIpc) is 2.18. The topological polar surface area (TPSA) is 94.9 Å². The van der Waals surface area contributed by atoms with Gasteiger partial charge in [-0.3, -0.25) is 4.79 Å². The van der Waals surface area contributed by atoms with Crippen LogP contribution in [-0.4, -0.2) is 35.1 Å². The van der Waals surface area contributed by atoms with E-state index in [2.05, 4.69) is 20.2 Å². The van der Waals surface area contributed by atoms with E-state index in [-0.39, 0.29) is 17.4 Å². The predicted molar refractivity (Wildman–Crippen MR) is 48.9 cm³/mol. The van der Waals surface area contributed by atoms with Crippen molar-refractivity contribution in [2.75, 3.05) is 14.1 Å². The van der Waals surface area contributed by atoms with Crippen molar-refractivity contribution in [3.63, 3.8) is 0 Å². The highest BCUT2D eigenvalue weighted by Crippen LogP contribution is 2.06. The van der Waals surface area contributed by atoms with Crippen molar-refractivity contribution in [3.05, 3.63) is 28.3 Å². The summed E-state index contributed by atoms with van der Waals surface area (Å²) in [7, 11) is 3.23. The van der Waals surface area contributed by atoms with Gasteiger partial charge in [-0.05, 0) is 22.8 Å². The second-order valence-electron chi connectivity index (χ2n) is 2.67. The van der Waals surface area contributed by atoms with Gasteiger partial charge in [0, 0.05) is 19.0 Å². The molecule has 1 amide bonds. The molecule has 0 aromatic carbocycles. The summed E-state index contributed by atoms with van der Waals surface area (Å²) in [5.74, 6) is -0.104. The standard InChI is InChI=1S/C7H8N6O/c1-13(2)7(14)5-3-4-6(10-9-5)11-12-8/h3-4H,1-2H3. The van der Waals surface area contributed by atoms with Gasteiger partial charge in [0.25, 0.3) is 5.91 Å². The van der Waals surface area contributed by atoms with E-state index in [0.717, 1.165) is 0 Å². The lowest BCUT2D eigenvalue weighted by atomic mass is 10.3. The highest BCUT2D eigenvalue weighted by molar-refractivity contribution is 5.91. The zero-order valence-corrected chi connectivity index (χ0v) is 7.75. The van der Waals surface area contributed by atoms with E-state index in [1.165, 1.54) is 17.0 Å². The van der Waals surface area contributed by atoms with E-state index in [9.17, 15) is 4.79 Å². The maximum atomic E-state index is 11.3. The van der Waals surface area contributed by atoms with Gasteiger partial charge in [-0.1, -0.05) is 0 Å². The van der Waals surface area contributed by atoms with Gasteiger partial charge < -0.3 is 4.90 Å². The van der Waals surface area contributed by atoms with Crippen molar-refractivity contribution in [1.82, 2.24) is 15.1 Å². The molecular weight excluding hydrogens is 184 g/mol. The smallest absolute Gasteiger partial charge is 0.273 e. The maximum absolute atomic E-state index is 11.3. The summed E-state index contributed by atoms with van der Waals surface area (Å²) in [5, 5.41) is 10.4. The van der Waals surface area contributed by atoms with Crippen molar-refractivity contribution >= 4 is 11.7 Å². The molecule has 0 saturated carbocycles. The van der Waals surface area contributed by atoms with E-state index >= 15 is 0 Å². The number of carbonyl (C=O) groups excluding carboxylic acids is 1. The first-order chi connectivity index (χ1) is 6.65. The van der Waals surface area contributed by atoms with Crippen LogP contribution in [0.25, 0.3) is 10.4 Å². The second-order valence-corrected chi connectivity index (χ2v) is 2.67. The molecule has 0 bridgehead atoms. The third-order valence-electron chi connectivity index (χ3n) is 1.42. The molecule has 7 heteroatoms. The van der Waals surface area contributed by atoms with Crippen molar-refractivity contribution in [2.45, 2.75) is 0 Å². The van der Waals surface area contributed by atoms with Crippen LogP contribution in [0.4, 0.5) is 5.82 Å². The third-order valence-corrected chi connectivity index (χ3v) is 1.42. The number of carbonyl (C=O) groups is 1. The summed E-state index contributed by atoms with van der Waals surface area (Å²) >= 11 is 0. The molecule has 72 valence electrons. The molecule has 0 aliphatic carbocycles. The Labute approximate surface area is 80.0 Å². The first kappa shape index (κ1) is 9.94. The van der Waals surface area contributed by atoms with E-state index in [1.54, 1.807) is 14.1 Å². The van der Waals surface area contributed by atoms with Crippen LogP contribution in [-0.2, 0) is 0 Å². The average molecular weight is 192 g/mol. The van der Waals surface area contributed by atoms with Crippen molar-refractivity contribution < 1.29 is 4.79 Å². The Bertz CT molecular complexity index is 378. The molecule has 1 heterocycles. The predicted octanol–water partition coefficient (Wildman–Crippen LogP) is 1.12. The van der Waals surface area contributed by atoms with E-state index in [0.29, 0.717) is 0 Å². The SMILES string of the molecule is CN(C)C(=O)c1ccc(N=[N+]=[N-])nn1. The molecule has 0 atom stereocenters. The van der Waals surface area contributed by atoms with Crippen LogP contribution in [0.2, 0.25) is 0 Å². The van der Waals surface area contributed by atoms with Crippen LogP contribution in [0.15, 0.2) is 17.2 Å². The molecule has 0 N–H and O–H groups in total. The fourth-order valence-corrected chi connectivity index (χ4v) is 0.768. The van der Waals surface area contributed by atoms with Crippen LogP contribution in [0.3, 0.4) is 0 Å². The highest BCUT2D eigenvalue weighted by Gasteiger charge is 2.09. The number of hydrogen-bond acceptors (Lipinski definition) is 4. The second kappa shape index (κ2) is 4.20. The molecule has 0 aliphatic rings. The Morgan fingerprint density at radius 1 is 1.50 bits per heavy atom. The summed E-state index contributed by atoms with van der Waals surface area (Å²) in [6.07, 6.45) is 0. The van der Waals surface area contributed by atoms with Crippen LogP contribution in [0.1, 0.15) is 10.5 Å². The maximum Gasteiger partial charge on any atom is 0.273 e. The summed E-state index contributed by atoms with van der Waals surface area (Å²) in [5.41, 5.74) is 8.32. The molecule has 1 aromatic rings. The first-order valence-electron chi connectivity index (χ1n) is 3.75. The van der Waals surface area contributed by atoms with Gasteiger partial charge in [-0.2, -0.15) is 0 Å². The minimum Gasteiger partial charge on any atom is -0.343 e. The Morgan fingerprint density at radius 2 is 2.21 bits per heavy atom. The summed E-state index contributed by atoms with van der Waals surface area (Å²) in [4.78, 5) is 15.3. The summed E-state index contributed by atoms with van der Waals surface area (Å²) in [6.45, 7) is 0. The fraction of sp³-hybridized carbons (Fsp3) is 0.286. The van der Waals surface area contributed by atoms with Crippen LogP contribution < -0.4 is 0 Å². The molecule has 0 unspecified atom stereocenters. The Hall–Kier alpha value is -2.14. The van der Waals surface area contributed by atoms with Crippen molar-refractivity contribution in [2.24, 2.45) is 5.11 Å². The number of nitrogens with zero attached hydrogens (tertiary/aromatic N) is 6. The molecule has 0 saturated heterocycles. The summed E-state index contributed by atoms with van der Waals surface area (Å²) in [6, 6.07) is 2.89. The quantitative estimate of drug-likeness (QED) is 0.399. The van der Waals surface area contributed by atoms with E-state index in [1.807, 2.05) is 0 Å². The minimum atomic E-state index is -0.245. The van der Waals surface area contributed by atoms with Gasteiger partial charge >= 0.3 is 0 Å². The summed E-state index contributed by atoms with van der Waals surface area (Å²) < 4.78 is 0. The van der Waals surface area contributed by atoms with Crippen LogP contribution >= 0.6 is 0 Å². The monoisotopic (exact) mass is 192 g/mol. The molecule has 0 spiro atoms. The number of amides is 1. The third kappa shape index (κ3) is 2.18. The van der Waals surface area contributed by atoms with Crippen LogP contribution in [0, 0.1) is 0 Å². The largest absolute Gasteiger partial charge is 0.343 e. The van der Waals surface area contributed by atoms with Gasteiger partial charge in [0.1, 0.15) is 5.82 Å². The molecule has 1 aromatic heterocycles. The van der Waals surface area contributed by atoms with E-state index in [4.69, 9.17) is 5.53 Å². The number of aromatic nitrogens is 2. The van der Waals surface area contributed by atoms with Gasteiger partial charge in [-0.15, -0.1) is 10.2 Å². The zero-order chi connectivity index (χ0) is 10.6. The van der Waals surface area contributed by atoms with Gasteiger partial charge in [-0.25, -0.2) is 0 Å². The normalized spacial score (nSPS) is 9.00. The number of rotatable bonds is 2. The Morgan fingerprint density at radius 3 is 2.64 bits per heavy atom. The van der Waals surface area contributed by atoms with Gasteiger partial charge in [0.2, 0.25) is 0 Å². The lowest BCUT2D eigenvalue weighted by molar-refractivity contribution is 0.0821. The lowest BCUT2D eigenvalue weighted by Gasteiger charge is -2.07. The highest BCUT2D eigenvalue weighted by atomic mass is 16.2. The molecule has 0 fully saturated rings. The Kier molecular flexibility index (Phi) is 2.98. The minimum absolute atomic E-state index is 0.141. The van der Waals surface area contributed by atoms with Gasteiger partial charge in [0.05, 0.1) is 0 Å². The number of azide groups is 1.